The van der Waals surface area contributed by atoms with Gasteiger partial charge in [0.1, 0.15) is 5.75 Å². The van der Waals surface area contributed by atoms with Gasteiger partial charge < -0.3 is 19.5 Å². The minimum absolute atomic E-state index is 0.00852. The fourth-order valence-corrected chi connectivity index (χ4v) is 5.62. The van der Waals surface area contributed by atoms with Crippen LogP contribution in [0, 0.1) is 0 Å². The molecule has 0 unspecified atom stereocenters. The lowest BCUT2D eigenvalue weighted by molar-refractivity contribution is -0.121. The highest BCUT2D eigenvalue weighted by molar-refractivity contribution is 7.98. The molecular weight excluding hydrogens is 550 g/mol. The molecule has 10 heteroatoms. The molecule has 0 saturated heterocycles. The van der Waals surface area contributed by atoms with E-state index in [4.69, 9.17) is 30.8 Å². The first-order valence-electron chi connectivity index (χ1n) is 13.1. The van der Waals surface area contributed by atoms with Crippen LogP contribution in [-0.4, -0.2) is 29.4 Å². The van der Waals surface area contributed by atoms with Gasteiger partial charge in [-0.15, -0.1) is 0 Å². The third-order valence-electron chi connectivity index (χ3n) is 6.60. The van der Waals surface area contributed by atoms with Gasteiger partial charge in [0.2, 0.25) is 12.7 Å². The van der Waals surface area contributed by atoms with E-state index >= 15 is 0 Å². The van der Waals surface area contributed by atoms with Crippen molar-refractivity contribution in [2.24, 2.45) is 0 Å². The Morgan fingerprint density at radius 3 is 2.62 bits per heavy atom. The smallest absolute Gasteiger partial charge is 0.262 e. The first-order valence-corrected chi connectivity index (χ1v) is 14.5. The van der Waals surface area contributed by atoms with E-state index in [0.29, 0.717) is 57.8 Å². The third-order valence-corrected chi connectivity index (χ3v) is 7.89. The summed E-state index contributed by atoms with van der Waals surface area (Å²) in [6.07, 6.45) is 2.71. The maximum Gasteiger partial charge on any atom is 0.262 e. The number of halogens is 1. The second kappa shape index (κ2) is 13.1. The standard InChI is InChI=1S/C30H30ClN3O5S/c1-37-23-11-9-20(10-12-23)17-32-28(35)8-3-2-4-13-34-29(36)24-15-26-27(39-19-38-26)16-25(24)33-30(34)40-18-21-6-5-7-22(31)14-21/h5-7,9-12,14-16H,2-4,8,13,17-19H2,1H3,(H,32,35). The van der Waals surface area contributed by atoms with Gasteiger partial charge >= 0.3 is 0 Å². The van der Waals surface area contributed by atoms with Crippen LogP contribution in [0.3, 0.4) is 0 Å². The van der Waals surface area contributed by atoms with Crippen molar-refractivity contribution in [2.75, 3.05) is 13.9 Å². The lowest BCUT2D eigenvalue weighted by Crippen LogP contribution is -2.24. The molecule has 40 heavy (non-hydrogen) atoms. The Bertz CT molecular complexity index is 1560. The summed E-state index contributed by atoms with van der Waals surface area (Å²) in [6.45, 7) is 1.11. The number of hydrogen-bond acceptors (Lipinski definition) is 7. The van der Waals surface area contributed by atoms with Gasteiger partial charge in [-0.1, -0.05) is 54.0 Å². The normalized spacial score (nSPS) is 12.1. The Kier molecular flexibility index (Phi) is 9.13. The van der Waals surface area contributed by atoms with Crippen LogP contribution in [0.1, 0.15) is 36.8 Å². The van der Waals surface area contributed by atoms with Crippen LogP contribution in [0.25, 0.3) is 10.9 Å². The molecule has 8 nitrogen and oxygen atoms in total. The van der Waals surface area contributed by atoms with Gasteiger partial charge in [0.25, 0.3) is 5.56 Å². The second-order valence-electron chi connectivity index (χ2n) is 9.43. The highest BCUT2D eigenvalue weighted by atomic mass is 35.5. The van der Waals surface area contributed by atoms with E-state index < -0.39 is 0 Å². The van der Waals surface area contributed by atoms with E-state index in [1.165, 1.54) is 11.8 Å². The van der Waals surface area contributed by atoms with Crippen LogP contribution in [0.15, 0.2) is 70.6 Å². The molecule has 0 atom stereocenters. The zero-order valence-electron chi connectivity index (χ0n) is 22.2. The Balaban J connectivity index is 1.21. The first kappa shape index (κ1) is 27.9. The highest BCUT2D eigenvalue weighted by Gasteiger charge is 2.19. The molecule has 1 aromatic heterocycles. The summed E-state index contributed by atoms with van der Waals surface area (Å²) in [7, 11) is 1.63. The SMILES string of the molecule is COc1ccc(CNC(=O)CCCCCn2c(SCc3cccc(Cl)c3)nc3cc4c(cc3c2=O)OCO4)cc1. The number of carbonyl (C=O) groups is 1. The molecule has 4 aromatic rings. The van der Waals surface area contributed by atoms with Crippen LogP contribution >= 0.6 is 23.4 Å². The van der Waals surface area contributed by atoms with Gasteiger partial charge in [0.15, 0.2) is 16.7 Å². The van der Waals surface area contributed by atoms with Gasteiger partial charge in [0.05, 0.1) is 18.0 Å². The van der Waals surface area contributed by atoms with Crippen molar-refractivity contribution >= 4 is 40.2 Å². The van der Waals surface area contributed by atoms with Gasteiger partial charge in [-0.3, -0.25) is 14.2 Å². The largest absolute Gasteiger partial charge is 0.497 e. The van der Waals surface area contributed by atoms with Crippen LogP contribution in [-0.2, 0) is 23.6 Å². The van der Waals surface area contributed by atoms with Crippen LogP contribution in [0.4, 0.5) is 0 Å². The van der Waals surface area contributed by atoms with Crippen LogP contribution in [0.2, 0.25) is 5.02 Å². The number of fused-ring (bicyclic) bond motifs is 2. The molecule has 2 heterocycles. The summed E-state index contributed by atoms with van der Waals surface area (Å²) in [6, 6.07) is 18.7. The number of benzene rings is 3. The fourth-order valence-electron chi connectivity index (χ4n) is 4.44. The Labute approximate surface area is 241 Å². The maximum absolute atomic E-state index is 13.6. The van der Waals surface area contributed by atoms with Gasteiger partial charge in [-0.2, -0.15) is 0 Å². The monoisotopic (exact) mass is 579 g/mol. The minimum atomic E-state index is -0.117. The zero-order chi connectivity index (χ0) is 27.9. The number of unbranched alkanes of at least 4 members (excludes halogenated alkanes) is 2. The Hall–Kier alpha value is -3.69. The van der Waals surface area contributed by atoms with Crippen molar-refractivity contribution in [1.82, 2.24) is 14.9 Å². The molecule has 0 saturated carbocycles. The lowest BCUT2D eigenvalue weighted by atomic mass is 10.1. The minimum Gasteiger partial charge on any atom is -0.497 e. The summed E-state index contributed by atoms with van der Waals surface area (Å²) < 4.78 is 17.9. The number of rotatable bonds is 12. The maximum atomic E-state index is 13.6. The first-order chi connectivity index (χ1) is 19.5. The third kappa shape index (κ3) is 6.89. The summed E-state index contributed by atoms with van der Waals surface area (Å²) in [4.78, 5) is 30.7. The molecule has 1 amide bonds. The van der Waals surface area contributed by atoms with Crippen molar-refractivity contribution in [2.45, 2.75) is 49.7 Å². The van der Waals surface area contributed by atoms with Crippen molar-refractivity contribution in [1.29, 1.82) is 0 Å². The van der Waals surface area contributed by atoms with Gasteiger partial charge in [-0.25, -0.2) is 4.98 Å². The van der Waals surface area contributed by atoms with Crippen LogP contribution < -0.4 is 25.1 Å². The number of amides is 1. The average molecular weight is 580 g/mol. The highest BCUT2D eigenvalue weighted by Crippen LogP contribution is 2.35. The summed E-state index contributed by atoms with van der Waals surface area (Å²) in [5, 5.41) is 4.76. The number of carbonyl (C=O) groups excluding carboxylic acids is 1. The Morgan fingerprint density at radius 1 is 1.05 bits per heavy atom. The van der Waals surface area contributed by atoms with Gasteiger partial charge in [0, 0.05) is 36.4 Å². The fraction of sp³-hybridized carbons (Fsp3) is 0.300. The summed E-state index contributed by atoms with van der Waals surface area (Å²) in [5.41, 5.74) is 2.52. The number of ether oxygens (including phenoxy) is 3. The van der Waals surface area contributed by atoms with E-state index in [2.05, 4.69) is 5.32 Å². The number of nitrogens with zero attached hydrogens (tertiary/aromatic N) is 2. The molecule has 1 N–H and O–H groups in total. The van der Waals surface area contributed by atoms with E-state index in [1.807, 2.05) is 48.5 Å². The van der Waals surface area contributed by atoms with Crippen LogP contribution in [0.5, 0.6) is 17.2 Å². The molecule has 0 aliphatic carbocycles. The van der Waals surface area contributed by atoms with E-state index in [9.17, 15) is 9.59 Å². The van der Waals surface area contributed by atoms with Crippen molar-refractivity contribution in [3.63, 3.8) is 0 Å². The Morgan fingerprint density at radius 2 is 1.85 bits per heavy atom. The number of aromatic nitrogens is 2. The van der Waals surface area contributed by atoms with E-state index in [0.717, 1.165) is 36.1 Å². The number of methoxy groups -OCH3 is 1. The molecule has 3 aromatic carbocycles. The molecule has 1 aliphatic rings. The number of thioether (sulfide) groups is 1. The molecule has 0 bridgehead atoms. The van der Waals surface area contributed by atoms with Gasteiger partial charge in [-0.05, 0) is 54.3 Å². The molecular formula is C30H30ClN3O5S. The van der Waals surface area contributed by atoms with Crippen molar-refractivity contribution in [3.05, 3.63) is 87.2 Å². The van der Waals surface area contributed by atoms with E-state index in [1.54, 1.807) is 23.8 Å². The molecule has 0 radical (unpaired) electrons. The lowest BCUT2D eigenvalue weighted by Gasteiger charge is -2.14. The molecule has 0 fully saturated rings. The zero-order valence-corrected chi connectivity index (χ0v) is 23.7. The molecule has 0 spiro atoms. The van der Waals surface area contributed by atoms with Crippen molar-refractivity contribution in [3.8, 4) is 17.2 Å². The average Bonchev–Trinajstić information content (AvgIpc) is 3.43. The molecule has 208 valence electrons. The van der Waals surface area contributed by atoms with E-state index in [-0.39, 0.29) is 18.3 Å². The summed E-state index contributed by atoms with van der Waals surface area (Å²) >= 11 is 7.65. The summed E-state index contributed by atoms with van der Waals surface area (Å²) in [5.74, 6) is 2.56. The predicted octanol–water partition coefficient (Wildman–Crippen LogP) is 5.96. The molecule has 1 aliphatic heterocycles. The second-order valence-corrected chi connectivity index (χ2v) is 10.8. The number of nitrogens with one attached hydrogen (secondary N) is 1. The predicted molar refractivity (Wildman–Crippen MR) is 156 cm³/mol. The van der Waals surface area contributed by atoms with Crippen molar-refractivity contribution < 1.29 is 19.0 Å². The molecule has 5 rings (SSSR count). The number of hydrogen-bond donors (Lipinski definition) is 1. The quantitative estimate of drug-likeness (QED) is 0.126. The topological polar surface area (TPSA) is 91.7 Å².